The van der Waals surface area contributed by atoms with E-state index in [4.69, 9.17) is 10.8 Å². The van der Waals surface area contributed by atoms with Crippen LogP contribution in [0.15, 0.2) is 109 Å². The SMILES string of the molecule is Nc1nn(C(c2ccccc2)(c2ccccc2)c2ccccc2)c2ccncc12. The summed E-state index contributed by atoms with van der Waals surface area (Å²) in [6, 6.07) is 33.3. The van der Waals surface area contributed by atoms with Gasteiger partial charge in [-0.2, -0.15) is 5.10 Å². The molecule has 0 unspecified atom stereocenters. The molecule has 0 aliphatic heterocycles. The highest BCUT2D eigenvalue weighted by molar-refractivity contribution is 5.89. The summed E-state index contributed by atoms with van der Waals surface area (Å²) in [5.74, 6) is 0.472. The maximum Gasteiger partial charge on any atom is 0.155 e. The summed E-state index contributed by atoms with van der Waals surface area (Å²) in [4.78, 5) is 4.25. The predicted molar refractivity (Wildman–Crippen MR) is 117 cm³/mol. The van der Waals surface area contributed by atoms with E-state index in [1.807, 2.05) is 28.9 Å². The van der Waals surface area contributed by atoms with Crippen LogP contribution in [0, 0.1) is 0 Å². The lowest BCUT2D eigenvalue weighted by atomic mass is 9.77. The van der Waals surface area contributed by atoms with Crippen molar-refractivity contribution in [2.75, 3.05) is 5.73 Å². The Balaban J connectivity index is 1.99. The van der Waals surface area contributed by atoms with Gasteiger partial charge in [-0.1, -0.05) is 91.0 Å². The van der Waals surface area contributed by atoms with Gasteiger partial charge in [0, 0.05) is 12.4 Å². The van der Waals surface area contributed by atoms with Gasteiger partial charge in [-0.3, -0.25) is 4.98 Å². The predicted octanol–water partition coefficient (Wildman–Crippen LogP) is 4.85. The molecule has 0 saturated heterocycles. The van der Waals surface area contributed by atoms with Gasteiger partial charge in [-0.05, 0) is 22.8 Å². The molecule has 3 aromatic carbocycles. The molecule has 0 amide bonds. The largest absolute Gasteiger partial charge is 0.382 e. The molecule has 0 radical (unpaired) electrons. The van der Waals surface area contributed by atoms with Crippen LogP contribution in [0.3, 0.4) is 0 Å². The fourth-order valence-corrected chi connectivity index (χ4v) is 4.15. The standard InChI is InChI=1S/C25H20N4/c26-24-22-18-27-17-16-23(22)29(28-24)25(19-10-4-1-5-11-19,20-12-6-2-7-13-20)21-14-8-3-9-15-21/h1-18H,(H2,26,28). The molecule has 0 atom stereocenters. The molecule has 0 aliphatic carbocycles. The molecule has 5 rings (SSSR count). The molecule has 0 spiro atoms. The van der Waals surface area contributed by atoms with Crippen molar-refractivity contribution >= 4 is 16.7 Å². The van der Waals surface area contributed by atoms with E-state index < -0.39 is 5.54 Å². The lowest BCUT2D eigenvalue weighted by Crippen LogP contribution is -2.38. The number of aromatic nitrogens is 3. The average Bonchev–Trinajstić information content (AvgIpc) is 3.14. The van der Waals surface area contributed by atoms with Crippen molar-refractivity contribution in [1.82, 2.24) is 14.8 Å². The van der Waals surface area contributed by atoms with Crippen molar-refractivity contribution in [2.45, 2.75) is 5.54 Å². The third-order valence-corrected chi connectivity index (χ3v) is 5.40. The fourth-order valence-electron chi connectivity index (χ4n) is 4.15. The Hall–Kier alpha value is -3.92. The third-order valence-electron chi connectivity index (χ3n) is 5.40. The summed E-state index contributed by atoms with van der Waals surface area (Å²) in [5.41, 5.74) is 9.92. The van der Waals surface area contributed by atoms with Gasteiger partial charge >= 0.3 is 0 Å². The number of nitrogen functional groups attached to an aromatic ring is 1. The molecule has 4 heteroatoms. The van der Waals surface area contributed by atoms with Crippen LogP contribution in [-0.2, 0) is 5.54 Å². The summed E-state index contributed by atoms with van der Waals surface area (Å²) in [5, 5.41) is 5.69. The summed E-state index contributed by atoms with van der Waals surface area (Å²) >= 11 is 0. The molecule has 5 aromatic rings. The third kappa shape index (κ3) is 2.61. The normalized spacial score (nSPS) is 11.6. The van der Waals surface area contributed by atoms with Crippen LogP contribution in [0.1, 0.15) is 16.7 Å². The van der Waals surface area contributed by atoms with Crippen LogP contribution < -0.4 is 5.73 Å². The number of hydrogen-bond donors (Lipinski definition) is 1. The van der Waals surface area contributed by atoms with Gasteiger partial charge in [0.05, 0.1) is 10.9 Å². The number of nitrogens with two attached hydrogens (primary N) is 1. The van der Waals surface area contributed by atoms with Gasteiger partial charge in [-0.15, -0.1) is 0 Å². The van der Waals surface area contributed by atoms with E-state index in [1.165, 1.54) is 0 Å². The zero-order chi connectivity index (χ0) is 19.7. The lowest BCUT2D eigenvalue weighted by molar-refractivity contribution is 0.477. The van der Waals surface area contributed by atoms with Crippen molar-refractivity contribution < 1.29 is 0 Å². The number of rotatable bonds is 4. The average molecular weight is 376 g/mol. The Labute approximate surface area is 169 Å². The van der Waals surface area contributed by atoms with Gasteiger partial charge in [0.25, 0.3) is 0 Å². The van der Waals surface area contributed by atoms with E-state index in [-0.39, 0.29) is 0 Å². The lowest BCUT2D eigenvalue weighted by Gasteiger charge is -2.36. The van der Waals surface area contributed by atoms with Crippen molar-refractivity contribution in [3.05, 3.63) is 126 Å². The van der Waals surface area contributed by atoms with Crippen LogP contribution >= 0.6 is 0 Å². The Morgan fingerprint density at radius 2 is 1.14 bits per heavy atom. The van der Waals surface area contributed by atoms with E-state index in [1.54, 1.807) is 12.4 Å². The molecule has 0 saturated carbocycles. The molecule has 2 heterocycles. The first kappa shape index (κ1) is 17.2. The highest BCUT2D eigenvalue weighted by atomic mass is 15.3. The molecule has 29 heavy (non-hydrogen) atoms. The van der Waals surface area contributed by atoms with Gasteiger partial charge in [0.15, 0.2) is 5.82 Å². The topological polar surface area (TPSA) is 56.7 Å². The first-order valence-corrected chi connectivity index (χ1v) is 9.57. The first-order chi connectivity index (χ1) is 14.3. The van der Waals surface area contributed by atoms with E-state index >= 15 is 0 Å². The molecule has 2 aromatic heterocycles. The molecular formula is C25H20N4. The molecule has 2 N–H and O–H groups in total. The van der Waals surface area contributed by atoms with E-state index in [9.17, 15) is 0 Å². The molecule has 4 nitrogen and oxygen atoms in total. The monoisotopic (exact) mass is 376 g/mol. The van der Waals surface area contributed by atoms with Crippen molar-refractivity contribution in [3.63, 3.8) is 0 Å². The fraction of sp³-hybridized carbons (Fsp3) is 0.0400. The molecule has 0 bridgehead atoms. The van der Waals surface area contributed by atoms with Crippen LogP contribution in [0.25, 0.3) is 10.9 Å². The summed E-state index contributed by atoms with van der Waals surface area (Å²) in [6.45, 7) is 0. The quantitative estimate of drug-likeness (QED) is 0.456. The van der Waals surface area contributed by atoms with Gasteiger partial charge < -0.3 is 5.73 Å². The second-order valence-electron chi connectivity index (χ2n) is 7.00. The summed E-state index contributed by atoms with van der Waals surface area (Å²) in [7, 11) is 0. The second kappa shape index (κ2) is 6.91. The number of fused-ring (bicyclic) bond motifs is 1. The maximum absolute atomic E-state index is 6.34. The number of nitrogens with zero attached hydrogens (tertiary/aromatic N) is 3. The Morgan fingerprint density at radius 1 is 0.655 bits per heavy atom. The minimum absolute atomic E-state index is 0.472. The number of anilines is 1. The minimum atomic E-state index is -0.680. The summed E-state index contributed by atoms with van der Waals surface area (Å²) in [6.07, 6.45) is 3.56. The van der Waals surface area contributed by atoms with Crippen LogP contribution in [0.2, 0.25) is 0 Å². The van der Waals surface area contributed by atoms with Crippen LogP contribution in [-0.4, -0.2) is 14.8 Å². The van der Waals surface area contributed by atoms with Crippen LogP contribution in [0.4, 0.5) is 5.82 Å². The molecular weight excluding hydrogens is 356 g/mol. The zero-order valence-corrected chi connectivity index (χ0v) is 15.8. The first-order valence-electron chi connectivity index (χ1n) is 9.57. The van der Waals surface area contributed by atoms with E-state index in [2.05, 4.69) is 77.8 Å². The zero-order valence-electron chi connectivity index (χ0n) is 15.8. The van der Waals surface area contributed by atoms with Gasteiger partial charge in [-0.25, -0.2) is 4.68 Å². The Morgan fingerprint density at radius 3 is 1.62 bits per heavy atom. The van der Waals surface area contributed by atoms with Crippen molar-refractivity contribution in [3.8, 4) is 0 Å². The smallest absolute Gasteiger partial charge is 0.155 e. The second-order valence-corrected chi connectivity index (χ2v) is 7.00. The van der Waals surface area contributed by atoms with Crippen LogP contribution in [0.5, 0.6) is 0 Å². The van der Waals surface area contributed by atoms with E-state index in [0.717, 1.165) is 27.6 Å². The number of hydrogen-bond acceptors (Lipinski definition) is 3. The molecule has 0 aliphatic rings. The highest BCUT2D eigenvalue weighted by Gasteiger charge is 2.40. The number of pyridine rings is 1. The number of benzene rings is 3. The maximum atomic E-state index is 6.34. The Bertz CT molecular complexity index is 1150. The summed E-state index contributed by atoms with van der Waals surface area (Å²) < 4.78 is 2.04. The van der Waals surface area contributed by atoms with Gasteiger partial charge in [0.1, 0.15) is 5.54 Å². The molecule has 140 valence electrons. The van der Waals surface area contributed by atoms with E-state index in [0.29, 0.717) is 5.82 Å². The van der Waals surface area contributed by atoms with Crippen molar-refractivity contribution in [2.24, 2.45) is 0 Å². The Kier molecular flexibility index (Phi) is 4.10. The minimum Gasteiger partial charge on any atom is -0.382 e. The highest BCUT2D eigenvalue weighted by Crippen LogP contribution is 2.42. The molecule has 0 fully saturated rings. The van der Waals surface area contributed by atoms with Gasteiger partial charge in [0.2, 0.25) is 0 Å². The van der Waals surface area contributed by atoms with Crippen molar-refractivity contribution in [1.29, 1.82) is 0 Å².